The summed E-state index contributed by atoms with van der Waals surface area (Å²) in [7, 11) is 0. The second-order valence-electron chi connectivity index (χ2n) is 5.84. The first-order valence-corrected chi connectivity index (χ1v) is 8.29. The van der Waals surface area contributed by atoms with Crippen LogP contribution in [0.5, 0.6) is 0 Å². The van der Waals surface area contributed by atoms with Crippen LogP contribution in [-0.4, -0.2) is 20.9 Å². The summed E-state index contributed by atoms with van der Waals surface area (Å²) >= 11 is 5.20. The zero-order valence-electron chi connectivity index (χ0n) is 14.1. The van der Waals surface area contributed by atoms with Gasteiger partial charge >= 0.3 is 0 Å². The highest BCUT2D eigenvalue weighted by Crippen LogP contribution is 2.32. The molecule has 1 unspecified atom stereocenters. The number of non-ortho nitro benzene ring substituents is 2. The van der Waals surface area contributed by atoms with Crippen LogP contribution in [0.25, 0.3) is 5.70 Å². The first-order valence-electron chi connectivity index (χ1n) is 7.88. The lowest BCUT2D eigenvalue weighted by Crippen LogP contribution is -2.46. The quantitative estimate of drug-likeness (QED) is 0.391. The van der Waals surface area contributed by atoms with Crippen LogP contribution in [0, 0.1) is 20.2 Å². The Labute approximate surface area is 163 Å². The molecule has 1 aliphatic heterocycles. The van der Waals surface area contributed by atoms with Crippen molar-refractivity contribution in [1.29, 1.82) is 0 Å². The Morgan fingerprint density at radius 1 is 1.04 bits per heavy atom. The molecule has 1 amide bonds. The SMILES string of the molecule is NC(=O)C1=C(c2cccc([N+](=O)[O-])c2)NC(=S)NC1c1ccc([N+](=O)[O-])cc1. The van der Waals surface area contributed by atoms with Crippen molar-refractivity contribution in [2.24, 2.45) is 5.73 Å². The number of hydrogen-bond donors (Lipinski definition) is 3. The Balaban J connectivity index is 2.15. The lowest BCUT2D eigenvalue weighted by molar-refractivity contribution is -0.385. The highest BCUT2D eigenvalue weighted by molar-refractivity contribution is 7.80. The van der Waals surface area contributed by atoms with Crippen molar-refractivity contribution < 1.29 is 14.6 Å². The average molecular weight is 399 g/mol. The van der Waals surface area contributed by atoms with Gasteiger partial charge < -0.3 is 16.4 Å². The number of nitrogens with one attached hydrogen (secondary N) is 2. The maximum absolute atomic E-state index is 12.2. The van der Waals surface area contributed by atoms with Gasteiger partial charge in [0.15, 0.2) is 5.11 Å². The molecule has 0 saturated carbocycles. The number of nitro benzene ring substituents is 2. The lowest BCUT2D eigenvalue weighted by atomic mass is 9.92. The summed E-state index contributed by atoms with van der Waals surface area (Å²) in [6, 6.07) is 10.5. The number of nitro groups is 2. The maximum Gasteiger partial charge on any atom is 0.270 e. The van der Waals surface area contributed by atoms with Gasteiger partial charge in [-0.3, -0.25) is 25.0 Å². The summed E-state index contributed by atoms with van der Waals surface area (Å²) in [6.45, 7) is 0. The molecule has 0 radical (unpaired) electrons. The zero-order valence-corrected chi connectivity index (χ0v) is 14.9. The average Bonchev–Trinajstić information content (AvgIpc) is 2.67. The summed E-state index contributed by atoms with van der Waals surface area (Å²) in [4.78, 5) is 33.1. The molecular weight excluding hydrogens is 386 g/mol. The zero-order chi connectivity index (χ0) is 20.4. The van der Waals surface area contributed by atoms with Crippen LogP contribution in [0.15, 0.2) is 54.1 Å². The van der Waals surface area contributed by atoms with Gasteiger partial charge in [-0.2, -0.15) is 0 Å². The molecule has 1 atom stereocenters. The topological polar surface area (TPSA) is 153 Å². The Bertz CT molecular complexity index is 1030. The monoisotopic (exact) mass is 399 g/mol. The van der Waals surface area contributed by atoms with E-state index in [0.717, 1.165) is 0 Å². The minimum absolute atomic E-state index is 0.1000. The number of primary amides is 1. The molecule has 0 aromatic heterocycles. The normalized spacial score (nSPS) is 16.1. The van der Waals surface area contributed by atoms with E-state index >= 15 is 0 Å². The number of nitrogens with two attached hydrogens (primary N) is 1. The number of nitrogens with zero attached hydrogens (tertiary/aromatic N) is 2. The molecule has 1 heterocycles. The van der Waals surface area contributed by atoms with Crippen molar-refractivity contribution in [2.45, 2.75) is 6.04 Å². The molecule has 4 N–H and O–H groups in total. The summed E-state index contributed by atoms with van der Waals surface area (Å²) in [5.74, 6) is -0.771. The largest absolute Gasteiger partial charge is 0.366 e. The second-order valence-corrected chi connectivity index (χ2v) is 6.25. The Kier molecular flexibility index (Phi) is 5.00. The van der Waals surface area contributed by atoms with Gasteiger partial charge in [0.25, 0.3) is 11.4 Å². The van der Waals surface area contributed by atoms with Gasteiger partial charge in [-0.05, 0) is 29.9 Å². The molecule has 142 valence electrons. The molecule has 0 bridgehead atoms. The number of amides is 1. The number of rotatable bonds is 5. The van der Waals surface area contributed by atoms with Crippen molar-refractivity contribution in [1.82, 2.24) is 10.6 Å². The van der Waals surface area contributed by atoms with Gasteiger partial charge in [-0.1, -0.05) is 12.1 Å². The fraction of sp³-hybridized carbons (Fsp3) is 0.0588. The van der Waals surface area contributed by atoms with E-state index in [1.807, 2.05) is 0 Å². The van der Waals surface area contributed by atoms with Gasteiger partial charge in [-0.25, -0.2) is 0 Å². The minimum Gasteiger partial charge on any atom is -0.366 e. The van der Waals surface area contributed by atoms with Crippen molar-refractivity contribution in [3.8, 4) is 0 Å². The molecule has 0 fully saturated rings. The number of thiocarbonyl (C=S) groups is 1. The van der Waals surface area contributed by atoms with Crippen LogP contribution in [0.2, 0.25) is 0 Å². The van der Waals surface area contributed by atoms with Crippen molar-refractivity contribution >= 4 is 40.3 Å². The molecule has 0 spiro atoms. The summed E-state index contributed by atoms with van der Waals surface area (Å²) in [5, 5.41) is 27.8. The van der Waals surface area contributed by atoms with Crippen LogP contribution >= 0.6 is 12.2 Å². The third kappa shape index (κ3) is 3.64. The van der Waals surface area contributed by atoms with Crippen LogP contribution in [-0.2, 0) is 4.79 Å². The minimum atomic E-state index is -0.777. The fourth-order valence-corrected chi connectivity index (χ4v) is 3.09. The number of carbonyl (C=O) groups excluding carboxylic acids is 1. The number of benzene rings is 2. The van der Waals surface area contributed by atoms with E-state index in [9.17, 15) is 25.0 Å². The second kappa shape index (κ2) is 7.40. The summed E-state index contributed by atoms with van der Waals surface area (Å²) in [5.41, 5.74) is 6.53. The van der Waals surface area contributed by atoms with E-state index in [4.69, 9.17) is 18.0 Å². The third-order valence-electron chi connectivity index (χ3n) is 4.12. The predicted molar refractivity (Wildman–Crippen MR) is 104 cm³/mol. The molecule has 0 saturated heterocycles. The van der Waals surface area contributed by atoms with E-state index in [1.54, 1.807) is 6.07 Å². The maximum atomic E-state index is 12.2. The van der Waals surface area contributed by atoms with Crippen LogP contribution in [0.4, 0.5) is 11.4 Å². The van der Waals surface area contributed by atoms with Gasteiger partial charge in [-0.15, -0.1) is 0 Å². The van der Waals surface area contributed by atoms with Crippen molar-refractivity contribution in [3.05, 3.63) is 85.5 Å². The van der Waals surface area contributed by atoms with Crippen LogP contribution in [0.1, 0.15) is 17.2 Å². The van der Waals surface area contributed by atoms with Gasteiger partial charge in [0.2, 0.25) is 5.91 Å². The highest BCUT2D eigenvalue weighted by atomic mass is 32.1. The standard InChI is InChI=1S/C17H13N5O5S/c18-16(23)13-14(9-4-6-11(7-5-9)21(24)25)19-17(28)20-15(13)10-2-1-3-12(8-10)22(26)27/h1-8,14H,(H2,18,23)(H2,19,20,28). The molecule has 28 heavy (non-hydrogen) atoms. The van der Waals surface area contributed by atoms with Crippen LogP contribution < -0.4 is 16.4 Å². The van der Waals surface area contributed by atoms with Gasteiger partial charge in [0, 0.05) is 29.8 Å². The molecular formula is C17H13N5O5S. The number of carbonyl (C=O) groups is 1. The van der Waals surface area contributed by atoms with E-state index in [1.165, 1.54) is 42.5 Å². The molecule has 3 rings (SSSR count). The Morgan fingerprint density at radius 3 is 2.25 bits per heavy atom. The van der Waals surface area contributed by atoms with E-state index in [-0.39, 0.29) is 27.8 Å². The summed E-state index contributed by atoms with van der Waals surface area (Å²) < 4.78 is 0. The molecule has 2 aromatic rings. The Hall–Kier alpha value is -3.86. The van der Waals surface area contributed by atoms with Crippen LogP contribution in [0.3, 0.4) is 0 Å². The van der Waals surface area contributed by atoms with Gasteiger partial charge in [0.05, 0.1) is 27.2 Å². The van der Waals surface area contributed by atoms with Crippen molar-refractivity contribution in [3.63, 3.8) is 0 Å². The smallest absolute Gasteiger partial charge is 0.270 e. The molecule has 11 heteroatoms. The third-order valence-corrected chi connectivity index (χ3v) is 4.34. The predicted octanol–water partition coefficient (Wildman–Crippen LogP) is 1.92. The van der Waals surface area contributed by atoms with Crippen molar-refractivity contribution in [2.75, 3.05) is 0 Å². The van der Waals surface area contributed by atoms with E-state index in [0.29, 0.717) is 11.1 Å². The first kappa shape index (κ1) is 18.9. The molecule has 1 aliphatic rings. The van der Waals surface area contributed by atoms with E-state index in [2.05, 4.69) is 10.6 Å². The lowest BCUT2D eigenvalue weighted by Gasteiger charge is -2.30. The first-order chi connectivity index (χ1) is 13.3. The molecule has 10 nitrogen and oxygen atoms in total. The number of hydrogen-bond acceptors (Lipinski definition) is 6. The Morgan fingerprint density at radius 2 is 1.68 bits per heavy atom. The highest BCUT2D eigenvalue weighted by Gasteiger charge is 2.31. The van der Waals surface area contributed by atoms with E-state index < -0.39 is 21.8 Å². The molecule has 2 aromatic carbocycles. The van der Waals surface area contributed by atoms with Gasteiger partial charge in [0.1, 0.15) is 0 Å². The molecule has 0 aliphatic carbocycles. The summed E-state index contributed by atoms with van der Waals surface area (Å²) in [6.07, 6.45) is 0. The fourth-order valence-electron chi connectivity index (χ4n) is 2.87.